The largest absolute Gasteiger partial charge is 1.00 e. The minimum atomic E-state index is -1.07. The first-order valence-electron chi connectivity index (χ1n) is 8.74. The van der Waals surface area contributed by atoms with E-state index >= 15 is 0 Å². The number of carbonyl (C=O) groups is 2. The Morgan fingerprint density at radius 2 is 2.00 bits per heavy atom. The van der Waals surface area contributed by atoms with Gasteiger partial charge in [-0.25, -0.2) is 4.98 Å². The zero-order chi connectivity index (χ0) is 17.6. The Bertz CT molecular complexity index is 833. The minimum Gasteiger partial charge on any atom is -0.548 e. The fourth-order valence-electron chi connectivity index (χ4n) is 3.77. The van der Waals surface area contributed by atoms with Crippen LogP contribution in [0.1, 0.15) is 37.1 Å². The van der Waals surface area contributed by atoms with Gasteiger partial charge in [-0.3, -0.25) is 9.69 Å². The number of carbonyl (C=O) groups excluding carboxylic acids is 2. The van der Waals surface area contributed by atoms with Crippen LogP contribution in [0.15, 0.2) is 18.2 Å². The molecule has 2 unspecified atom stereocenters. The summed E-state index contributed by atoms with van der Waals surface area (Å²) in [5.41, 5.74) is 2.96. The van der Waals surface area contributed by atoms with Crippen molar-refractivity contribution in [2.75, 3.05) is 0 Å². The van der Waals surface area contributed by atoms with Crippen molar-refractivity contribution in [3.05, 3.63) is 29.6 Å². The quantitative estimate of drug-likeness (QED) is 0.560. The molecule has 1 saturated carbocycles. The van der Waals surface area contributed by atoms with Gasteiger partial charge in [-0.2, -0.15) is 0 Å². The Morgan fingerprint density at radius 3 is 2.69 bits per heavy atom. The van der Waals surface area contributed by atoms with Gasteiger partial charge in [-0.1, -0.05) is 6.07 Å². The number of nitrogens with zero attached hydrogens (tertiary/aromatic N) is 2. The summed E-state index contributed by atoms with van der Waals surface area (Å²) in [6.45, 7) is 2.32. The number of imidazole rings is 1. The molecule has 0 bridgehead atoms. The maximum atomic E-state index is 12.6. The Morgan fingerprint density at radius 1 is 1.27 bits per heavy atom. The molecular weight excluding hydrogens is 343 g/mol. The van der Waals surface area contributed by atoms with Gasteiger partial charge in [-0.15, -0.1) is 0 Å². The number of aliphatic carboxylic acids is 1. The van der Waals surface area contributed by atoms with Gasteiger partial charge in [0.1, 0.15) is 5.82 Å². The number of aromatic amines is 1. The zero-order valence-electron chi connectivity index (χ0n) is 15.1. The van der Waals surface area contributed by atoms with Crippen LogP contribution in [0.4, 0.5) is 0 Å². The van der Waals surface area contributed by atoms with Crippen LogP contribution in [0.3, 0.4) is 0 Å². The van der Waals surface area contributed by atoms with Gasteiger partial charge in [0.05, 0.1) is 35.6 Å². The van der Waals surface area contributed by atoms with Crippen molar-refractivity contribution in [3.8, 4) is 0 Å². The molecule has 1 aliphatic heterocycles. The molecule has 0 radical (unpaired) electrons. The van der Waals surface area contributed by atoms with E-state index in [2.05, 4.69) is 15.3 Å². The van der Waals surface area contributed by atoms with Crippen molar-refractivity contribution >= 4 is 22.9 Å². The van der Waals surface area contributed by atoms with Gasteiger partial charge in [-0.05, 0) is 50.3 Å². The molecule has 1 aromatic carbocycles. The van der Waals surface area contributed by atoms with Crippen molar-refractivity contribution in [3.63, 3.8) is 0 Å². The van der Waals surface area contributed by atoms with E-state index in [4.69, 9.17) is 0 Å². The van der Waals surface area contributed by atoms with E-state index in [1.807, 2.05) is 30.0 Å². The minimum absolute atomic E-state index is 0. The van der Waals surface area contributed by atoms with E-state index in [0.717, 1.165) is 29.4 Å². The molecule has 26 heavy (non-hydrogen) atoms. The molecule has 0 spiro atoms. The number of hydrogen-bond donors (Lipinski definition) is 2. The zero-order valence-corrected chi connectivity index (χ0v) is 17.1. The number of aromatic nitrogens is 2. The fraction of sp³-hybridized carbons (Fsp3) is 0.500. The molecule has 1 saturated heterocycles. The molecule has 2 fully saturated rings. The number of amides is 1. The first kappa shape index (κ1) is 19.4. The summed E-state index contributed by atoms with van der Waals surface area (Å²) in [6, 6.07) is 5.14. The van der Waals surface area contributed by atoms with Crippen LogP contribution in [0.2, 0.25) is 0 Å². The number of carboxylic acids is 1. The second-order valence-corrected chi connectivity index (χ2v) is 7.03. The summed E-state index contributed by atoms with van der Waals surface area (Å²) >= 11 is 0. The molecule has 1 amide bonds. The first-order valence-corrected chi connectivity index (χ1v) is 8.74. The number of rotatable bonds is 5. The van der Waals surface area contributed by atoms with Gasteiger partial charge in [0.15, 0.2) is 0 Å². The van der Waals surface area contributed by atoms with Gasteiger partial charge < -0.3 is 20.2 Å². The van der Waals surface area contributed by atoms with E-state index in [9.17, 15) is 14.7 Å². The molecule has 1 aromatic heterocycles. The number of benzene rings is 1. The first-order chi connectivity index (χ1) is 12.0. The van der Waals surface area contributed by atoms with Crippen LogP contribution in [0.25, 0.3) is 11.0 Å². The molecule has 1 aliphatic carbocycles. The van der Waals surface area contributed by atoms with Crippen molar-refractivity contribution in [1.29, 1.82) is 0 Å². The SMILES string of the molecule is Cc1ccc2nc(CNC(=O)C3CCC(C(=O)[O-])N3C3CC3)[nH]c2c1.[Na+]. The molecule has 2 atom stereocenters. The third-order valence-electron chi connectivity index (χ3n) is 5.09. The van der Waals surface area contributed by atoms with Gasteiger partial charge >= 0.3 is 29.6 Å². The predicted octanol–water partition coefficient (Wildman–Crippen LogP) is -2.76. The Labute approximate surface area is 173 Å². The summed E-state index contributed by atoms with van der Waals surface area (Å²) in [5.74, 6) is -0.511. The second kappa shape index (κ2) is 7.68. The molecule has 8 heteroatoms. The summed E-state index contributed by atoms with van der Waals surface area (Å²) in [5, 5.41) is 14.2. The smallest absolute Gasteiger partial charge is 0.548 e. The van der Waals surface area contributed by atoms with Crippen LogP contribution < -0.4 is 40.0 Å². The Kier molecular flexibility index (Phi) is 5.72. The van der Waals surface area contributed by atoms with Crippen LogP contribution in [0, 0.1) is 6.92 Å². The Hall–Kier alpha value is -1.41. The average molecular weight is 364 g/mol. The number of fused-ring (bicyclic) bond motifs is 1. The molecule has 132 valence electrons. The van der Waals surface area contributed by atoms with Crippen molar-refractivity contribution in [2.24, 2.45) is 0 Å². The average Bonchev–Trinajstić information content (AvgIpc) is 3.18. The third-order valence-corrected chi connectivity index (χ3v) is 5.09. The number of likely N-dealkylation sites (tertiary alicyclic amines) is 1. The third kappa shape index (κ3) is 3.81. The molecule has 7 nitrogen and oxygen atoms in total. The van der Waals surface area contributed by atoms with E-state index in [0.29, 0.717) is 25.2 Å². The van der Waals surface area contributed by atoms with Crippen LogP contribution >= 0.6 is 0 Å². The molecule has 2 heterocycles. The maximum absolute atomic E-state index is 12.6. The summed E-state index contributed by atoms with van der Waals surface area (Å²) < 4.78 is 0. The predicted molar refractivity (Wildman–Crippen MR) is 89.4 cm³/mol. The number of hydrogen-bond acceptors (Lipinski definition) is 5. The molecule has 4 rings (SSSR count). The van der Waals surface area contributed by atoms with Crippen molar-refractivity contribution in [2.45, 2.75) is 57.3 Å². The van der Waals surface area contributed by atoms with Crippen LogP contribution in [0.5, 0.6) is 0 Å². The van der Waals surface area contributed by atoms with Crippen molar-refractivity contribution in [1.82, 2.24) is 20.2 Å². The van der Waals surface area contributed by atoms with Crippen LogP contribution in [-0.4, -0.2) is 44.9 Å². The van der Waals surface area contributed by atoms with E-state index in [-0.39, 0.29) is 47.5 Å². The van der Waals surface area contributed by atoms with E-state index in [1.165, 1.54) is 0 Å². The molecule has 2 aromatic rings. The number of carboxylic acid groups (broad SMARTS) is 1. The number of H-pyrrole nitrogens is 1. The van der Waals surface area contributed by atoms with E-state index in [1.54, 1.807) is 0 Å². The monoisotopic (exact) mass is 364 g/mol. The molecule has 2 aliphatic rings. The van der Waals surface area contributed by atoms with Gasteiger partial charge in [0.25, 0.3) is 0 Å². The summed E-state index contributed by atoms with van der Waals surface area (Å²) in [4.78, 5) is 33.4. The number of nitrogens with one attached hydrogen (secondary N) is 2. The van der Waals surface area contributed by atoms with Crippen LogP contribution in [-0.2, 0) is 16.1 Å². The topological polar surface area (TPSA) is 101 Å². The van der Waals surface area contributed by atoms with E-state index < -0.39 is 12.0 Å². The molecule has 2 N–H and O–H groups in total. The molecular formula is C18H21N4NaO3. The Balaban J connectivity index is 0.00000196. The second-order valence-electron chi connectivity index (χ2n) is 7.03. The number of aryl methyl sites for hydroxylation is 1. The fourth-order valence-corrected chi connectivity index (χ4v) is 3.77. The van der Waals surface area contributed by atoms with Crippen molar-refractivity contribution < 1.29 is 44.3 Å². The normalized spacial score (nSPS) is 23.0. The summed E-state index contributed by atoms with van der Waals surface area (Å²) in [7, 11) is 0. The summed E-state index contributed by atoms with van der Waals surface area (Å²) in [6.07, 6.45) is 2.94. The van der Waals surface area contributed by atoms with Gasteiger partial charge in [0, 0.05) is 6.04 Å². The van der Waals surface area contributed by atoms with Gasteiger partial charge in [0.2, 0.25) is 5.91 Å². The maximum Gasteiger partial charge on any atom is 1.00 e. The standard InChI is InChI=1S/C18H22N4O3.Na/c1-10-2-5-12-13(8-10)21-16(20-12)9-19-17(23)14-6-7-15(18(24)25)22(14)11-3-4-11;/h2,5,8,11,14-15H,3-4,6-7,9H2,1H3,(H,19,23)(H,20,21)(H,24,25);/q;+1/p-1.